The first kappa shape index (κ1) is 16.5. The molecule has 1 saturated carbocycles. The Bertz CT molecular complexity index is 485. The topological polar surface area (TPSA) is 59.4 Å². The highest BCUT2D eigenvalue weighted by Gasteiger charge is 2.35. The Kier molecular flexibility index (Phi) is 5.67. The van der Waals surface area contributed by atoms with Gasteiger partial charge in [0, 0.05) is 38.1 Å². The number of imidazole rings is 1. The van der Waals surface area contributed by atoms with Crippen molar-refractivity contribution in [2.24, 2.45) is 5.92 Å². The zero-order chi connectivity index (χ0) is 16.1. The molecule has 6 heteroatoms. The lowest BCUT2D eigenvalue weighted by atomic mass is 10.1. The largest absolute Gasteiger partial charge is 0.378 e. The molecule has 1 N–H and O–H groups in total. The number of hydrogen-bond acceptors (Lipinski definition) is 4. The van der Waals surface area contributed by atoms with Gasteiger partial charge in [0.05, 0.1) is 19.5 Å². The molecule has 6 nitrogen and oxygen atoms in total. The van der Waals surface area contributed by atoms with Crippen molar-refractivity contribution in [1.29, 1.82) is 0 Å². The van der Waals surface area contributed by atoms with E-state index in [9.17, 15) is 4.79 Å². The number of aromatic nitrogens is 2. The summed E-state index contributed by atoms with van der Waals surface area (Å²) in [6.45, 7) is 5.86. The van der Waals surface area contributed by atoms with E-state index < -0.39 is 0 Å². The van der Waals surface area contributed by atoms with E-state index in [0.717, 1.165) is 19.7 Å². The lowest BCUT2D eigenvalue weighted by Crippen LogP contribution is -2.57. The molecule has 1 aliphatic carbocycles. The lowest BCUT2D eigenvalue weighted by Gasteiger charge is -2.38. The highest BCUT2D eigenvalue weighted by molar-refractivity contribution is 5.82. The molecule has 1 aromatic rings. The molecule has 0 radical (unpaired) electrons. The standard InChI is InChI=1S/C17H28N4O2/c1-14(11-20-7-6-18-13-20)10-19-17(22)16-12-23-9-8-21(16)15-4-2-3-5-15/h6-7,13-16H,2-5,8-12H2,1H3,(H,19,22)/t14-,16-/m1/s1. The van der Waals surface area contributed by atoms with Crippen molar-refractivity contribution in [3.63, 3.8) is 0 Å². The molecule has 1 aliphatic heterocycles. The van der Waals surface area contributed by atoms with E-state index in [2.05, 4.69) is 22.1 Å². The Balaban J connectivity index is 1.49. The molecule has 0 aromatic carbocycles. The second-order valence-electron chi connectivity index (χ2n) is 6.88. The smallest absolute Gasteiger partial charge is 0.239 e. The summed E-state index contributed by atoms with van der Waals surface area (Å²) in [7, 11) is 0. The first-order valence-corrected chi connectivity index (χ1v) is 8.81. The first-order chi connectivity index (χ1) is 11.2. The van der Waals surface area contributed by atoms with Crippen molar-refractivity contribution in [3.8, 4) is 0 Å². The number of nitrogens with zero attached hydrogens (tertiary/aromatic N) is 3. The molecule has 0 spiro atoms. The van der Waals surface area contributed by atoms with Crippen molar-refractivity contribution < 1.29 is 9.53 Å². The third-order valence-corrected chi connectivity index (χ3v) is 4.97. The van der Waals surface area contributed by atoms with Gasteiger partial charge in [-0.15, -0.1) is 0 Å². The Labute approximate surface area is 138 Å². The molecule has 23 heavy (non-hydrogen) atoms. The van der Waals surface area contributed by atoms with E-state index in [1.54, 1.807) is 6.20 Å². The number of carbonyl (C=O) groups is 1. The minimum absolute atomic E-state index is 0.118. The molecule has 3 rings (SSSR count). The van der Waals surface area contributed by atoms with Gasteiger partial charge in [-0.25, -0.2) is 4.98 Å². The minimum atomic E-state index is -0.118. The summed E-state index contributed by atoms with van der Waals surface area (Å²) in [6.07, 6.45) is 10.6. The summed E-state index contributed by atoms with van der Waals surface area (Å²) >= 11 is 0. The van der Waals surface area contributed by atoms with Crippen LogP contribution in [0.1, 0.15) is 32.6 Å². The fourth-order valence-corrected chi connectivity index (χ4v) is 3.73. The van der Waals surface area contributed by atoms with Gasteiger partial charge >= 0.3 is 0 Å². The molecule has 2 aliphatic rings. The third kappa shape index (κ3) is 4.32. The lowest BCUT2D eigenvalue weighted by molar-refractivity contribution is -0.134. The highest BCUT2D eigenvalue weighted by atomic mass is 16.5. The van der Waals surface area contributed by atoms with Gasteiger partial charge in [-0.05, 0) is 18.8 Å². The van der Waals surface area contributed by atoms with Gasteiger partial charge in [0.1, 0.15) is 6.04 Å². The van der Waals surface area contributed by atoms with Gasteiger partial charge in [-0.1, -0.05) is 19.8 Å². The summed E-state index contributed by atoms with van der Waals surface area (Å²) in [5, 5.41) is 3.12. The number of amides is 1. The van der Waals surface area contributed by atoms with E-state index in [-0.39, 0.29) is 11.9 Å². The predicted octanol–water partition coefficient (Wildman–Crippen LogP) is 1.28. The van der Waals surface area contributed by atoms with Crippen molar-refractivity contribution in [3.05, 3.63) is 18.7 Å². The number of morpholine rings is 1. The third-order valence-electron chi connectivity index (χ3n) is 4.97. The molecule has 2 fully saturated rings. The number of ether oxygens (including phenoxy) is 1. The fraction of sp³-hybridized carbons (Fsp3) is 0.765. The van der Waals surface area contributed by atoms with Crippen LogP contribution in [0.4, 0.5) is 0 Å². The Morgan fingerprint density at radius 1 is 1.43 bits per heavy atom. The van der Waals surface area contributed by atoms with Crippen LogP contribution in [-0.4, -0.2) is 58.7 Å². The molecular weight excluding hydrogens is 292 g/mol. The van der Waals surface area contributed by atoms with Gasteiger partial charge in [-0.3, -0.25) is 9.69 Å². The zero-order valence-corrected chi connectivity index (χ0v) is 14.0. The molecule has 2 atom stereocenters. The molecule has 0 bridgehead atoms. The average Bonchev–Trinajstić information content (AvgIpc) is 3.26. The van der Waals surface area contributed by atoms with Gasteiger partial charge in [-0.2, -0.15) is 0 Å². The first-order valence-electron chi connectivity index (χ1n) is 8.81. The maximum absolute atomic E-state index is 12.6. The molecule has 0 unspecified atom stereocenters. The van der Waals surface area contributed by atoms with Gasteiger partial charge in [0.2, 0.25) is 5.91 Å². The number of rotatable bonds is 6. The van der Waals surface area contributed by atoms with E-state index >= 15 is 0 Å². The van der Waals surface area contributed by atoms with E-state index in [1.807, 2.05) is 17.1 Å². The van der Waals surface area contributed by atoms with Crippen LogP contribution in [0.25, 0.3) is 0 Å². The van der Waals surface area contributed by atoms with Crippen LogP contribution in [0.3, 0.4) is 0 Å². The van der Waals surface area contributed by atoms with Crippen LogP contribution in [0.15, 0.2) is 18.7 Å². The monoisotopic (exact) mass is 320 g/mol. The second-order valence-corrected chi connectivity index (χ2v) is 6.88. The summed E-state index contributed by atoms with van der Waals surface area (Å²) in [6, 6.07) is 0.449. The second kappa shape index (κ2) is 7.93. The van der Waals surface area contributed by atoms with E-state index in [0.29, 0.717) is 25.1 Å². The van der Waals surface area contributed by atoms with Gasteiger partial charge in [0.15, 0.2) is 0 Å². The molecular formula is C17H28N4O2. The molecule has 1 saturated heterocycles. The number of carbonyl (C=O) groups excluding carboxylic acids is 1. The van der Waals surface area contributed by atoms with Crippen molar-refractivity contribution in [2.45, 2.75) is 51.2 Å². The van der Waals surface area contributed by atoms with Crippen molar-refractivity contribution in [2.75, 3.05) is 26.3 Å². The quantitative estimate of drug-likeness (QED) is 0.858. The molecule has 1 amide bonds. The SMILES string of the molecule is C[C@H](CNC(=O)[C@H]1COCCN1C1CCCC1)Cn1ccnc1. The van der Waals surface area contributed by atoms with Crippen LogP contribution >= 0.6 is 0 Å². The summed E-state index contributed by atoms with van der Waals surface area (Å²) in [5.74, 6) is 0.492. The van der Waals surface area contributed by atoms with Gasteiger partial charge < -0.3 is 14.6 Å². The van der Waals surface area contributed by atoms with Crippen LogP contribution < -0.4 is 5.32 Å². The van der Waals surface area contributed by atoms with Crippen molar-refractivity contribution in [1.82, 2.24) is 19.8 Å². The summed E-state index contributed by atoms with van der Waals surface area (Å²) in [5.41, 5.74) is 0. The normalized spacial score (nSPS) is 24.7. The Morgan fingerprint density at radius 3 is 3.00 bits per heavy atom. The van der Waals surface area contributed by atoms with Crippen LogP contribution in [0.2, 0.25) is 0 Å². The molecule has 128 valence electrons. The average molecular weight is 320 g/mol. The van der Waals surface area contributed by atoms with E-state index in [4.69, 9.17) is 4.74 Å². The Hall–Kier alpha value is -1.40. The van der Waals surface area contributed by atoms with Crippen molar-refractivity contribution >= 4 is 5.91 Å². The minimum Gasteiger partial charge on any atom is -0.378 e. The van der Waals surface area contributed by atoms with Crippen LogP contribution in [0.5, 0.6) is 0 Å². The highest BCUT2D eigenvalue weighted by Crippen LogP contribution is 2.26. The molecule has 1 aromatic heterocycles. The maximum Gasteiger partial charge on any atom is 0.239 e. The van der Waals surface area contributed by atoms with Crippen LogP contribution in [-0.2, 0) is 16.1 Å². The maximum atomic E-state index is 12.6. The zero-order valence-electron chi connectivity index (χ0n) is 14.0. The molecule has 2 heterocycles. The summed E-state index contributed by atoms with van der Waals surface area (Å²) in [4.78, 5) is 19.1. The van der Waals surface area contributed by atoms with Crippen LogP contribution in [0, 0.1) is 5.92 Å². The number of hydrogen-bond donors (Lipinski definition) is 1. The predicted molar refractivity (Wildman–Crippen MR) is 88.0 cm³/mol. The fourth-order valence-electron chi connectivity index (χ4n) is 3.73. The number of nitrogens with one attached hydrogen (secondary N) is 1. The van der Waals surface area contributed by atoms with E-state index in [1.165, 1.54) is 25.7 Å². The van der Waals surface area contributed by atoms with Gasteiger partial charge in [0.25, 0.3) is 0 Å². The Morgan fingerprint density at radius 2 is 2.26 bits per heavy atom. The summed E-state index contributed by atoms with van der Waals surface area (Å²) < 4.78 is 7.62.